The monoisotopic (exact) mass is 389 g/mol. The maximum atomic E-state index is 12.1. The molecule has 0 unspecified atom stereocenters. The average molecular weight is 390 g/mol. The number of carbonyl (C=O) groups excluding carboxylic acids is 1. The van der Waals surface area contributed by atoms with E-state index in [1.807, 2.05) is 23.1 Å². The lowest BCUT2D eigenvalue weighted by Crippen LogP contribution is -2.17. The average Bonchev–Trinajstić information content (AvgIpc) is 3.42. The summed E-state index contributed by atoms with van der Waals surface area (Å²) in [7, 11) is 0. The van der Waals surface area contributed by atoms with E-state index in [9.17, 15) is 4.79 Å². The summed E-state index contributed by atoms with van der Waals surface area (Å²) in [4.78, 5) is 19.0. The number of benzene rings is 1. The molecule has 2 fully saturated rings. The van der Waals surface area contributed by atoms with Gasteiger partial charge in [-0.1, -0.05) is 25.3 Å². The number of primary amides is 1. The minimum atomic E-state index is -0.467. The lowest BCUT2D eigenvalue weighted by molar-refractivity contribution is 0.0995. The van der Waals surface area contributed by atoms with Crippen LogP contribution in [0.15, 0.2) is 36.7 Å². The number of nitrogens with zero attached hydrogens (tertiary/aromatic N) is 4. The third-order valence-electron chi connectivity index (χ3n) is 6.39. The van der Waals surface area contributed by atoms with Crippen molar-refractivity contribution in [3.8, 4) is 11.1 Å². The highest BCUT2D eigenvalue weighted by Crippen LogP contribution is 2.34. The number of pyridine rings is 1. The Labute approximate surface area is 170 Å². The molecular weight excluding hydrogens is 362 g/mol. The molecule has 0 atom stereocenters. The second-order valence-corrected chi connectivity index (χ2v) is 8.31. The molecule has 2 aromatic heterocycles. The van der Waals surface area contributed by atoms with E-state index in [1.54, 1.807) is 0 Å². The van der Waals surface area contributed by atoms with Gasteiger partial charge < -0.3 is 10.6 Å². The molecule has 0 spiro atoms. The van der Waals surface area contributed by atoms with Crippen LogP contribution >= 0.6 is 0 Å². The van der Waals surface area contributed by atoms with E-state index >= 15 is 0 Å². The first-order chi connectivity index (χ1) is 14.2. The molecule has 6 nitrogen and oxygen atoms in total. The number of fused-ring (bicyclic) bond motifs is 1. The molecule has 2 N–H and O–H groups in total. The van der Waals surface area contributed by atoms with E-state index in [0.717, 1.165) is 53.6 Å². The molecule has 6 heteroatoms. The first-order valence-corrected chi connectivity index (χ1v) is 10.7. The third kappa shape index (κ3) is 3.37. The summed E-state index contributed by atoms with van der Waals surface area (Å²) >= 11 is 0. The number of hydrogen-bond acceptors (Lipinski definition) is 4. The van der Waals surface area contributed by atoms with Gasteiger partial charge in [-0.05, 0) is 49.4 Å². The molecule has 29 heavy (non-hydrogen) atoms. The Balaban J connectivity index is 1.57. The third-order valence-corrected chi connectivity index (χ3v) is 6.39. The maximum absolute atomic E-state index is 12.1. The van der Waals surface area contributed by atoms with Gasteiger partial charge in [0.25, 0.3) is 5.91 Å². The molecule has 150 valence electrons. The first kappa shape index (κ1) is 18.2. The van der Waals surface area contributed by atoms with Crippen molar-refractivity contribution in [3.63, 3.8) is 0 Å². The van der Waals surface area contributed by atoms with Crippen LogP contribution in [-0.4, -0.2) is 33.8 Å². The molecule has 5 rings (SSSR count). The highest BCUT2D eigenvalue weighted by Gasteiger charge is 2.23. The van der Waals surface area contributed by atoms with Crippen molar-refractivity contribution in [1.82, 2.24) is 14.8 Å². The Morgan fingerprint density at radius 3 is 2.52 bits per heavy atom. The molecular formula is C23H27N5O. The van der Waals surface area contributed by atoms with Crippen molar-refractivity contribution in [1.29, 1.82) is 0 Å². The van der Waals surface area contributed by atoms with Gasteiger partial charge in [-0.25, -0.2) is 0 Å². The summed E-state index contributed by atoms with van der Waals surface area (Å²) in [6, 6.07) is 8.78. The molecule has 1 amide bonds. The first-order valence-electron chi connectivity index (χ1n) is 10.7. The highest BCUT2D eigenvalue weighted by atomic mass is 16.1. The van der Waals surface area contributed by atoms with Gasteiger partial charge in [0.15, 0.2) is 5.69 Å². The van der Waals surface area contributed by atoms with Crippen molar-refractivity contribution in [2.45, 2.75) is 51.0 Å². The number of carbonyl (C=O) groups is 1. The van der Waals surface area contributed by atoms with Crippen molar-refractivity contribution >= 4 is 22.5 Å². The summed E-state index contributed by atoms with van der Waals surface area (Å²) in [5.74, 6) is -0.467. The second-order valence-electron chi connectivity index (χ2n) is 8.31. The minimum Gasteiger partial charge on any atom is -0.370 e. The molecule has 1 saturated carbocycles. The molecule has 0 bridgehead atoms. The standard InChI is InChI=1S/C23H27N5O/c24-23(29)22-20-13-16(17-12-19(15-25-14-17)27-10-4-5-11-27)8-9-21(20)28(26-22)18-6-2-1-3-7-18/h8-9,12-15,18H,1-7,10-11H2,(H2,24,29). The summed E-state index contributed by atoms with van der Waals surface area (Å²) in [5.41, 5.74) is 10.3. The Kier molecular flexibility index (Phi) is 4.70. The summed E-state index contributed by atoms with van der Waals surface area (Å²) < 4.78 is 2.04. The highest BCUT2D eigenvalue weighted by molar-refractivity contribution is 6.05. The van der Waals surface area contributed by atoms with Crippen LogP contribution in [0.4, 0.5) is 5.69 Å². The smallest absolute Gasteiger partial charge is 0.269 e. The Morgan fingerprint density at radius 2 is 1.76 bits per heavy atom. The van der Waals surface area contributed by atoms with Gasteiger partial charge in [0.1, 0.15) is 0 Å². The van der Waals surface area contributed by atoms with Gasteiger partial charge in [-0.2, -0.15) is 5.10 Å². The topological polar surface area (TPSA) is 77.0 Å². The van der Waals surface area contributed by atoms with E-state index in [4.69, 9.17) is 5.73 Å². The SMILES string of the molecule is NC(=O)c1nn(C2CCCCC2)c2ccc(-c3cncc(N4CCCC4)c3)cc12. The van der Waals surface area contributed by atoms with Crippen molar-refractivity contribution < 1.29 is 4.79 Å². The summed E-state index contributed by atoms with van der Waals surface area (Å²) in [6.45, 7) is 2.17. The Morgan fingerprint density at radius 1 is 0.966 bits per heavy atom. The van der Waals surface area contributed by atoms with Crippen molar-refractivity contribution in [2.75, 3.05) is 18.0 Å². The fourth-order valence-electron chi connectivity index (χ4n) is 4.84. The van der Waals surface area contributed by atoms with Crippen LogP contribution in [0, 0.1) is 0 Å². The molecule has 3 heterocycles. The van der Waals surface area contributed by atoms with Crippen LogP contribution in [-0.2, 0) is 0 Å². The van der Waals surface area contributed by atoms with Crippen molar-refractivity contribution in [3.05, 3.63) is 42.4 Å². The normalized spacial score (nSPS) is 17.9. The van der Waals surface area contributed by atoms with Crippen LogP contribution < -0.4 is 10.6 Å². The molecule has 1 saturated heterocycles. The molecule has 1 aliphatic carbocycles. The number of hydrogen-bond donors (Lipinski definition) is 1. The quantitative estimate of drug-likeness (QED) is 0.722. The molecule has 3 aromatic rings. The van der Waals surface area contributed by atoms with Gasteiger partial charge in [0.05, 0.1) is 23.4 Å². The number of nitrogens with two attached hydrogens (primary N) is 1. The van der Waals surface area contributed by atoms with Crippen LogP contribution in [0.5, 0.6) is 0 Å². The van der Waals surface area contributed by atoms with Crippen LogP contribution in [0.2, 0.25) is 0 Å². The fraction of sp³-hybridized carbons (Fsp3) is 0.435. The fourth-order valence-corrected chi connectivity index (χ4v) is 4.84. The Bertz CT molecular complexity index is 1040. The van der Waals surface area contributed by atoms with Crippen LogP contribution in [0.25, 0.3) is 22.0 Å². The van der Waals surface area contributed by atoms with Gasteiger partial charge in [0.2, 0.25) is 0 Å². The predicted octanol–water partition coefficient (Wildman–Crippen LogP) is 4.30. The van der Waals surface area contributed by atoms with E-state index in [0.29, 0.717) is 11.7 Å². The van der Waals surface area contributed by atoms with Crippen LogP contribution in [0.1, 0.15) is 61.5 Å². The number of amides is 1. The van der Waals surface area contributed by atoms with E-state index < -0.39 is 5.91 Å². The zero-order chi connectivity index (χ0) is 19.8. The summed E-state index contributed by atoms with van der Waals surface area (Å²) in [6.07, 6.45) is 12.2. The molecule has 0 radical (unpaired) electrons. The zero-order valence-electron chi connectivity index (χ0n) is 16.7. The Hall–Kier alpha value is -2.89. The maximum Gasteiger partial charge on any atom is 0.269 e. The van der Waals surface area contributed by atoms with Crippen molar-refractivity contribution in [2.24, 2.45) is 5.73 Å². The number of rotatable bonds is 4. The zero-order valence-corrected chi connectivity index (χ0v) is 16.7. The van der Waals surface area contributed by atoms with Gasteiger partial charge in [-0.15, -0.1) is 0 Å². The second kappa shape index (κ2) is 7.50. The molecule has 2 aliphatic rings. The largest absolute Gasteiger partial charge is 0.370 e. The number of aromatic nitrogens is 3. The lowest BCUT2D eigenvalue weighted by Gasteiger charge is -2.22. The minimum absolute atomic E-state index is 0.352. The van der Waals surface area contributed by atoms with E-state index in [1.165, 1.54) is 32.1 Å². The van der Waals surface area contributed by atoms with E-state index in [2.05, 4.69) is 33.2 Å². The van der Waals surface area contributed by atoms with Crippen LogP contribution in [0.3, 0.4) is 0 Å². The predicted molar refractivity (Wildman–Crippen MR) is 115 cm³/mol. The lowest BCUT2D eigenvalue weighted by atomic mass is 9.95. The van der Waals surface area contributed by atoms with Gasteiger partial charge >= 0.3 is 0 Å². The summed E-state index contributed by atoms with van der Waals surface area (Å²) in [5, 5.41) is 5.49. The molecule has 1 aromatic carbocycles. The number of anilines is 1. The van der Waals surface area contributed by atoms with E-state index in [-0.39, 0.29) is 0 Å². The van der Waals surface area contributed by atoms with Gasteiger partial charge in [0, 0.05) is 30.2 Å². The molecule has 1 aliphatic heterocycles. The van der Waals surface area contributed by atoms with Gasteiger partial charge in [-0.3, -0.25) is 14.5 Å².